The molecule has 21 heavy (non-hydrogen) atoms. The first kappa shape index (κ1) is 13.4. The lowest BCUT2D eigenvalue weighted by Crippen LogP contribution is -2.05. The molecule has 3 heterocycles. The van der Waals surface area contributed by atoms with Gasteiger partial charge in [-0.1, -0.05) is 0 Å². The molecular weight excluding hydrogens is 285 g/mol. The van der Waals surface area contributed by atoms with Crippen LogP contribution in [0.4, 0.5) is 24.7 Å². The Morgan fingerprint density at radius 3 is 2.62 bits per heavy atom. The third kappa shape index (κ3) is 2.41. The van der Waals surface area contributed by atoms with Crippen LogP contribution in [-0.2, 0) is 13.2 Å². The number of nitrogens with zero attached hydrogens (tertiary/aromatic N) is 5. The molecule has 0 saturated carbocycles. The lowest BCUT2D eigenvalue weighted by Gasteiger charge is -2.04. The van der Waals surface area contributed by atoms with E-state index in [0.29, 0.717) is 5.69 Å². The first-order valence-corrected chi connectivity index (χ1v) is 6.03. The molecule has 0 saturated heterocycles. The van der Waals surface area contributed by atoms with E-state index in [-0.39, 0.29) is 11.3 Å². The van der Waals surface area contributed by atoms with Crippen molar-refractivity contribution in [2.24, 2.45) is 7.05 Å². The van der Waals surface area contributed by atoms with E-state index in [9.17, 15) is 13.2 Å². The lowest BCUT2D eigenvalue weighted by molar-refractivity contribution is -0.141. The second kappa shape index (κ2) is 4.47. The number of aryl methyl sites for hydroxylation is 2. The van der Waals surface area contributed by atoms with Crippen molar-refractivity contribution in [2.45, 2.75) is 13.1 Å². The molecular formula is C12H11F3N6. The van der Waals surface area contributed by atoms with E-state index in [4.69, 9.17) is 0 Å². The normalized spacial score (nSPS) is 12.0. The number of alkyl halides is 3. The molecule has 3 aromatic heterocycles. The minimum Gasteiger partial charge on any atom is -0.336 e. The number of fused-ring (bicyclic) bond motifs is 1. The largest absolute Gasteiger partial charge is 0.435 e. The molecule has 0 aliphatic rings. The summed E-state index contributed by atoms with van der Waals surface area (Å²) in [7, 11) is 1.76. The predicted molar refractivity (Wildman–Crippen MR) is 69.2 cm³/mol. The fourth-order valence-electron chi connectivity index (χ4n) is 2.01. The van der Waals surface area contributed by atoms with Crippen molar-refractivity contribution < 1.29 is 13.2 Å². The van der Waals surface area contributed by atoms with Crippen molar-refractivity contribution in [1.29, 1.82) is 0 Å². The van der Waals surface area contributed by atoms with Crippen molar-refractivity contribution in [2.75, 3.05) is 5.32 Å². The van der Waals surface area contributed by atoms with Gasteiger partial charge in [0.2, 0.25) is 0 Å². The van der Waals surface area contributed by atoms with Crippen LogP contribution in [0.5, 0.6) is 0 Å². The molecule has 6 nitrogen and oxygen atoms in total. The quantitative estimate of drug-likeness (QED) is 0.789. The van der Waals surface area contributed by atoms with Crippen LogP contribution in [0.1, 0.15) is 11.4 Å². The number of hydrogen-bond donors (Lipinski definition) is 1. The Balaban J connectivity index is 2.06. The van der Waals surface area contributed by atoms with Crippen molar-refractivity contribution in [3.63, 3.8) is 0 Å². The first-order chi connectivity index (χ1) is 9.84. The minimum atomic E-state index is -4.49. The zero-order valence-electron chi connectivity index (χ0n) is 11.2. The minimum absolute atomic E-state index is 0.244. The van der Waals surface area contributed by atoms with Crippen LogP contribution in [0.2, 0.25) is 0 Å². The number of aromatic nitrogens is 5. The summed E-state index contributed by atoms with van der Waals surface area (Å²) in [6.07, 6.45) is -0.0187. The summed E-state index contributed by atoms with van der Waals surface area (Å²) in [6, 6.07) is 0.959. The standard InChI is InChI=1S/C12H11F3N6/c1-7-8(6-20(2)18-7)17-11-9-5-10(12(13,14)15)19-21(9)4-3-16-11/h3-6H,1-2H3,(H,16,17). The van der Waals surface area contributed by atoms with Crippen LogP contribution in [0.15, 0.2) is 24.7 Å². The maximum absolute atomic E-state index is 12.7. The third-order valence-electron chi connectivity index (χ3n) is 2.95. The second-order valence-electron chi connectivity index (χ2n) is 4.56. The van der Waals surface area contributed by atoms with Crippen LogP contribution in [0, 0.1) is 6.92 Å². The highest BCUT2D eigenvalue weighted by molar-refractivity contribution is 5.73. The van der Waals surface area contributed by atoms with Crippen LogP contribution >= 0.6 is 0 Å². The van der Waals surface area contributed by atoms with Crippen molar-refractivity contribution in [3.05, 3.63) is 36.0 Å². The van der Waals surface area contributed by atoms with Gasteiger partial charge < -0.3 is 5.32 Å². The Hall–Kier alpha value is -2.58. The molecule has 9 heteroatoms. The van der Waals surface area contributed by atoms with Gasteiger partial charge in [-0.15, -0.1) is 0 Å². The van der Waals surface area contributed by atoms with Gasteiger partial charge in [-0.25, -0.2) is 9.50 Å². The number of anilines is 2. The average Bonchev–Trinajstić information content (AvgIpc) is 2.93. The van der Waals surface area contributed by atoms with Gasteiger partial charge in [0, 0.05) is 31.7 Å². The molecule has 0 aliphatic carbocycles. The zero-order chi connectivity index (χ0) is 15.2. The molecule has 0 unspecified atom stereocenters. The number of hydrogen-bond acceptors (Lipinski definition) is 4. The molecule has 0 atom stereocenters. The Morgan fingerprint density at radius 1 is 1.24 bits per heavy atom. The predicted octanol–water partition coefficient (Wildman–Crippen LogP) is 2.53. The van der Waals surface area contributed by atoms with Gasteiger partial charge in [0.05, 0.1) is 11.4 Å². The molecule has 0 fully saturated rings. The molecule has 0 aromatic carbocycles. The van der Waals surface area contributed by atoms with E-state index in [0.717, 1.165) is 16.3 Å². The van der Waals surface area contributed by atoms with E-state index < -0.39 is 11.9 Å². The highest BCUT2D eigenvalue weighted by Gasteiger charge is 2.34. The van der Waals surface area contributed by atoms with Gasteiger partial charge in [0.15, 0.2) is 11.5 Å². The van der Waals surface area contributed by atoms with Gasteiger partial charge in [0.25, 0.3) is 0 Å². The summed E-state index contributed by atoms with van der Waals surface area (Å²) in [5, 5.41) is 10.6. The van der Waals surface area contributed by atoms with Crippen molar-refractivity contribution in [1.82, 2.24) is 24.4 Å². The third-order valence-corrected chi connectivity index (χ3v) is 2.95. The molecule has 0 radical (unpaired) electrons. The number of rotatable bonds is 2. The molecule has 0 bridgehead atoms. The van der Waals surface area contributed by atoms with Crippen molar-refractivity contribution in [3.8, 4) is 0 Å². The monoisotopic (exact) mass is 296 g/mol. The van der Waals surface area contributed by atoms with E-state index in [1.807, 2.05) is 0 Å². The van der Waals surface area contributed by atoms with E-state index in [1.165, 1.54) is 12.4 Å². The summed E-state index contributed by atoms with van der Waals surface area (Å²) in [4.78, 5) is 4.07. The van der Waals surface area contributed by atoms with Crippen LogP contribution in [0.25, 0.3) is 5.52 Å². The van der Waals surface area contributed by atoms with E-state index >= 15 is 0 Å². The molecule has 3 rings (SSSR count). The maximum Gasteiger partial charge on any atom is 0.435 e. The summed E-state index contributed by atoms with van der Waals surface area (Å²) in [5.41, 5.74) is 0.680. The fourth-order valence-corrected chi connectivity index (χ4v) is 2.01. The highest BCUT2D eigenvalue weighted by atomic mass is 19.4. The van der Waals surface area contributed by atoms with Gasteiger partial charge in [-0.2, -0.15) is 23.4 Å². The zero-order valence-corrected chi connectivity index (χ0v) is 11.2. The molecule has 0 amide bonds. The van der Waals surface area contributed by atoms with Crippen LogP contribution in [0.3, 0.4) is 0 Å². The molecule has 110 valence electrons. The van der Waals surface area contributed by atoms with Crippen molar-refractivity contribution >= 4 is 17.0 Å². The Bertz CT molecular complexity index is 801. The summed E-state index contributed by atoms with van der Waals surface area (Å²) >= 11 is 0. The SMILES string of the molecule is Cc1nn(C)cc1Nc1nccn2nc(C(F)(F)F)cc12. The van der Waals surface area contributed by atoms with Gasteiger partial charge in [0.1, 0.15) is 5.52 Å². The van der Waals surface area contributed by atoms with Crippen LogP contribution in [-0.4, -0.2) is 24.4 Å². The summed E-state index contributed by atoms with van der Waals surface area (Å²) < 4.78 is 40.9. The summed E-state index contributed by atoms with van der Waals surface area (Å²) in [6.45, 7) is 1.79. The molecule has 0 aliphatic heterocycles. The molecule has 1 N–H and O–H groups in total. The van der Waals surface area contributed by atoms with Gasteiger partial charge >= 0.3 is 6.18 Å². The van der Waals surface area contributed by atoms with Gasteiger partial charge in [-0.05, 0) is 6.92 Å². The fraction of sp³-hybridized carbons (Fsp3) is 0.250. The Labute approximate surface area is 117 Å². The van der Waals surface area contributed by atoms with E-state index in [2.05, 4.69) is 20.5 Å². The highest BCUT2D eigenvalue weighted by Crippen LogP contribution is 2.30. The maximum atomic E-state index is 12.7. The Morgan fingerprint density at radius 2 is 2.00 bits per heavy atom. The lowest BCUT2D eigenvalue weighted by atomic mass is 10.3. The topological polar surface area (TPSA) is 60.0 Å². The smallest absolute Gasteiger partial charge is 0.336 e. The second-order valence-corrected chi connectivity index (χ2v) is 4.56. The van der Waals surface area contributed by atoms with E-state index in [1.54, 1.807) is 24.9 Å². The number of halogens is 3. The van der Waals surface area contributed by atoms with Crippen LogP contribution < -0.4 is 5.32 Å². The Kier molecular flexibility index (Phi) is 2.85. The average molecular weight is 296 g/mol. The van der Waals surface area contributed by atoms with Gasteiger partial charge in [-0.3, -0.25) is 4.68 Å². The summed E-state index contributed by atoms with van der Waals surface area (Å²) in [5.74, 6) is 0.289. The molecule has 3 aromatic rings. The number of nitrogens with one attached hydrogen (secondary N) is 1. The first-order valence-electron chi connectivity index (χ1n) is 6.03. The molecule has 0 spiro atoms.